The van der Waals surface area contributed by atoms with E-state index in [2.05, 4.69) is 15.6 Å². The van der Waals surface area contributed by atoms with Crippen LogP contribution >= 0.6 is 12.4 Å². The van der Waals surface area contributed by atoms with E-state index in [1.54, 1.807) is 11.1 Å². The third-order valence-corrected chi connectivity index (χ3v) is 7.55. The van der Waals surface area contributed by atoms with E-state index in [4.69, 9.17) is 5.73 Å². The average Bonchev–Trinajstić information content (AvgIpc) is 3.49. The van der Waals surface area contributed by atoms with Crippen molar-refractivity contribution in [1.82, 2.24) is 20.5 Å². The van der Waals surface area contributed by atoms with Crippen molar-refractivity contribution in [2.24, 2.45) is 0 Å². The monoisotopic (exact) mass is 587 g/mol. The first-order valence-corrected chi connectivity index (χ1v) is 13.7. The number of aromatic nitrogens is 1. The van der Waals surface area contributed by atoms with E-state index in [0.717, 1.165) is 27.5 Å². The molecule has 3 aromatic carbocycles. The Balaban J connectivity index is 0.00000405. The molecule has 9 nitrogen and oxygen atoms in total. The highest BCUT2D eigenvalue weighted by atomic mass is 35.5. The lowest BCUT2D eigenvalue weighted by Gasteiger charge is -2.33. The maximum atomic E-state index is 14.2. The fraction of sp³-hybridized carbons (Fsp3) is 0.250. The van der Waals surface area contributed by atoms with Crippen molar-refractivity contribution in [3.8, 4) is 0 Å². The summed E-state index contributed by atoms with van der Waals surface area (Å²) >= 11 is 0. The van der Waals surface area contributed by atoms with Gasteiger partial charge in [-0.05, 0) is 47.1 Å². The number of carbonyl (C=O) groups is 3. The molecule has 1 aliphatic rings. The summed E-state index contributed by atoms with van der Waals surface area (Å²) in [7, 11) is 0. The summed E-state index contributed by atoms with van der Waals surface area (Å²) < 4.78 is 0. The zero-order chi connectivity index (χ0) is 28.8. The SMILES string of the molecule is Cl.Nc1nccc2cc(CNC(=O)[C@@H]3CCCN3C(=O)C(NCC(=O)O)C(c3ccccc3)c3ccccc3)ccc12. The Morgan fingerprint density at radius 2 is 1.64 bits per heavy atom. The highest BCUT2D eigenvalue weighted by molar-refractivity contribution is 5.92. The summed E-state index contributed by atoms with van der Waals surface area (Å²) in [6, 6.07) is 25.2. The van der Waals surface area contributed by atoms with Crippen LogP contribution in [-0.4, -0.2) is 57.9 Å². The minimum atomic E-state index is -1.06. The zero-order valence-electron chi connectivity index (χ0n) is 23.0. The van der Waals surface area contributed by atoms with Crippen LogP contribution in [0.1, 0.15) is 35.4 Å². The molecular formula is C32H34ClN5O4. The van der Waals surface area contributed by atoms with Gasteiger partial charge in [-0.2, -0.15) is 0 Å². The molecule has 1 saturated heterocycles. The number of amides is 2. The third-order valence-electron chi connectivity index (χ3n) is 7.55. The van der Waals surface area contributed by atoms with Crippen LogP contribution in [0.5, 0.6) is 0 Å². The average molecular weight is 588 g/mol. The highest BCUT2D eigenvalue weighted by Gasteiger charge is 2.40. The maximum Gasteiger partial charge on any atom is 0.317 e. The Morgan fingerprint density at radius 3 is 2.29 bits per heavy atom. The van der Waals surface area contributed by atoms with Crippen molar-refractivity contribution >= 4 is 46.8 Å². The van der Waals surface area contributed by atoms with E-state index >= 15 is 0 Å². The van der Waals surface area contributed by atoms with Gasteiger partial charge in [0.15, 0.2) is 0 Å². The Hall–Kier alpha value is -4.47. The number of nitrogens with zero attached hydrogens (tertiary/aromatic N) is 2. The van der Waals surface area contributed by atoms with E-state index in [1.807, 2.05) is 84.9 Å². The second-order valence-corrected chi connectivity index (χ2v) is 10.2. The number of aliphatic carboxylic acids is 1. The van der Waals surface area contributed by atoms with Crippen molar-refractivity contribution in [1.29, 1.82) is 0 Å². The first-order chi connectivity index (χ1) is 19.9. The Morgan fingerprint density at radius 1 is 0.976 bits per heavy atom. The van der Waals surface area contributed by atoms with E-state index in [9.17, 15) is 19.5 Å². The summed E-state index contributed by atoms with van der Waals surface area (Å²) in [4.78, 5) is 44.9. The van der Waals surface area contributed by atoms with Gasteiger partial charge in [-0.25, -0.2) is 4.98 Å². The van der Waals surface area contributed by atoms with Crippen LogP contribution in [0.2, 0.25) is 0 Å². The van der Waals surface area contributed by atoms with Gasteiger partial charge in [0.2, 0.25) is 11.8 Å². The molecule has 42 heavy (non-hydrogen) atoms. The molecule has 1 unspecified atom stereocenters. The van der Waals surface area contributed by atoms with Crippen LogP contribution in [0, 0.1) is 0 Å². The van der Waals surface area contributed by atoms with Gasteiger partial charge >= 0.3 is 5.97 Å². The quantitative estimate of drug-likeness (QED) is 0.222. The van der Waals surface area contributed by atoms with E-state index in [-0.39, 0.29) is 30.8 Å². The number of halogens is 1. The lowest BCUT2D eigenvalue weighted by Crippen LogP contribution is -2.55. The Kier molecular flexibility index (Phi) is 10.1. The molecule has 5 N–H and O–H groups in total. The lowest BCUT2D eigenvalue weighted by atomic mass is 9.84. The van der Waals surface area contributed by atoms with E-state index in [1.165, 1.54) is 0 Å². The van der Waals surface area contributed by atoms with Crippen LogP contribution in [0.15, 0.2) is 91.1 Å². The molecule has 0 spiro atoms. The molecule has 1 aromatic heterocycles. The number of hydrogen-bond acceptors (Lipinski definition) is 6. The summed E-state index contributed by atoms with van der Waals surface area (Å²) in [5.74, 6) is -1.60. The van der Waals surface area contributed by atoms with E-state index in [0.29, 0.717) is 31.7 Å². The molecule has 0 radical (unpaired) electrons. The molecule has 0 saturated carbocycles. The number of anilines is 1. The first kappa shape index (κ1) is 30.5. The van der Waals surface area contributed by atoms with Gasteiger partial charge in [-0.15, -0.1) is 12.4 Å². The predicted octanol–water partition coefficient (Wildman–Crippen LogP) is 3.72. The van der Waals surface area contributed by atoms with Gasteiger partial charge in [0.1, 0.15) is 11.9 Å². The standard InChI is InChI=1S/C32H33N5O4.ClH/c33-30-25-14-13-21(18-24(25)15-16-34-30)19-36-31(40)26-12-7-17-37(26)32(41)29(35-20-27(38)39)28(22-8-3-1-4-9-22)23-10-5-2-6-11-23;/h1-6,8-11,13-16,18,26,28-29,35H,7,12,17,19-20H2,(H2,33,34)(H,36,40)(H,38,39);1H/t26-,29?;/m0./s1. The summed E-state index contributed by atoms with van der Waals surface area (Å²) in [5.41, 5.74) is 8.62. The fourth-order valence-corrected chi connectivity index (χ4v) is 5.59. The molecule has 1 aliphatic heterocycles. The Labute approximate surface area is 250 Å². The molecule has 0 aliphatic carbocycles. The normalized spacial score (nSPS) is 15.3. The topological polar surface area (TPSA) is 138 Å². The number of rotatable bonds is 10. The Bertz CT molecular complexity index is 1500. The summed E-state index contributed by atoms with van der Waals surface area (Å²) in [6.07, 6.45) is 2.86. The van der Waals surface area contributed by atoms with Crippen LogP contribution in [0.3, 0.4) is 0 Å². The van der Waals surface area contributed by atoms with Crippen LogP contribution in [0.4, 0.5) is 5.82 Å². The number of benzene rings is 3. The molecule has 1 fully saturated rings. The fourth-order valence-electron chi connectivity index (χ4n) is 5.59. The van der Waals surface area contributed by atoms with Crippen LogP contribution in [0.25, 0.3) is 10.8 Å². The van der Waals surface area contributed by atoms with Crippen molar-refractivity contribution in [2.45, 2.75) is 37.4 Å². The number of hydrogen-bond donors (Lipinski definition) is 4. The molecular weight excluding hydrogens is 554 g/mol. The van der Waals surface area contributed by atoms with Gasteiger partial charge < -0.3 is 21.1 Å². The highest BCUT2D eigenvalue weighted by Crippen LogP contribution is 2.31. The maximum absolute atomic E-state index is 14.2. The van der Waals surface area contributed by atoms with Crippen molar-refractivity contribution in [3.05, 3.63) is 108 Å². The molecule has 218 valence electrons. The molecule has 5 rings (SSSR count). The molecule has 4 aromatic rings. The van der Waals surface area contributed by atoms with E-state index < -0.39 is 24.0 Å². The van der Waals surface area contributed by atoms with Gasteiger partial charge in [0, 0.05) is 30.6 Å². The molecule has 2 amide bonds. The second-order valence-electron chi connectivity index (χ2n) is 10.2. The zero-order valence-corrected chi connectivity index (χ0v) is 23.8. The number of carbonyl (C=O) groups excluding carboxylic acids is 2. The van der Waals surface area contributed by atoms with Gasteiger partial charge in [0.25, 0.3) is 0 Å². The van der Waals surface area contributed by atoms with Gasteiger partial charge in [-0.1, -0.05) is 72.8 Å². The number of nitrogens with one attached hydrogen (secondary N) is 2. The number of fused-ring (bicyclic) bond motifs is 1. The largest absolute Gasteiger partial charge is 0.480 e. The number of carboxylic acid groups (broad SMARTS) is 1. The minimum Gasteiger partial charge on any atom is -0.480 e. The molecule has 0 bridgehead atoms. The van der Waals surface area contributed by atoms with Crippen LogP contribution in [-0.2, 0) is 20.9 Å². The first-order valence-electron chi connectivity index (χ1n) is 13.7. The van der Waals surface area contributed by atoms with Gasteiger partial charge in [-0.3, -0.25) is 19.7 Å². The smallest absolute Gasteiger partial charge is 0.317 e. The van der Waals surface area contributed by atoms with Crippen molar-refractivity contribution < 1.29 is 19.5 Å². The summed E-state index contributed by atoms with van der Waals surface area (Å²) in [5, 5.41) is 17.2. The minimum absolute atomic E-state index is 0. The number of likely N-dealkylation sites (tertiary alicyclic amines) is 1. The van der Waals surface area contributed by atoms with Crippen LogP contribution < -0.4 is 16.4 Å². The van der Waals surface area contributed by atoms with Gasteiger partial charge in [0.05, 0.1) is 12.6 Å². The van der Waals surface area contributed by atoms with Crippen molar-refractivity contribution in [2.75, 3.05) is 18.8 Å². The number of nitrogen functional groups attached to an aromatic ring is 1. The lowest BCUT2D eigenvalue weighted by molar-refractivity contribution is -0.141. The predicted molar refractivity (Wildman–Crippen MR) is 164 cm³/mol. The molecule has 10 heteroatoms. The third kappa shape index (κ3) is 6.87. The number of nitrogens with two attached hydrogens (primary N) is 1. The molecule has 2 atom stereocenters. The van der Waals surface area contributed by atoms with Crippen molar-refractivity contribution in [3.63, 3.8) is 0 Å². The number of pyridine rings is 1. The molecule has 2 heterocycles. The summed E-state index contributed by atoms with van der Waals surface area (Å²) in [6.45, 7) is 0.326. The second kappa shape index (κ2) is 13.9. The number of carboxylic acids is 1.